The van der Waals surface area contributed by atoms with Crippen molar-refractivity contribution >= 4 is 41.4 Å². The number of hydrogen-bond acceptors (Lipinski definition) is 3. The zero-order valence-electron chi connectivity index (χ0n) is 9.36. The molecule has 6 heteroatoms. The predicted octanol–water partition coefficient (Wildman–Crippen LogP) is -0.437. The van der Waals surface area contributed by atoms with Crippen LogP contribution in [0.5, 0.6) is 0 Å². The van der Waals surface area contributed by atoms with Gasteiger partial charge in [0.15, 0.2) is 0 Å². The summed E-state index contributed by atoms with van der Waals surface area (Å²) in [6, 6.07) is -0.710. The number of carbonyl (C=O) groups excluding carboxylic acids is 1. The molecule has 0 aromatic carbocycles. The Morgan fingerprint density at radius 2 is 2.06 bits per heavy atom. The fraction of sp³-hybridized carbons (Fsp3) is 0.600. The number of rotatable bonds is 5. The normalized spacial score (nSPS) is 15.2. The molecule has 0 aromatic heterocycles. The zero-order valence-corrected chi connectivity index (χ0v) is 9.36. The van der Waals surface area contributed by atoms with E-state index in [-0.39, 0.29) is 36.0 Å². The first kappa shape index (κ1) is 18.0. The van der Waals surface area contributed by atoms with Crippen molar-refractivity contribution in [3.63, 3.8) is 0 Å². The second-order valence-corrected chi connectivity index (χ2v) is 3.76. The molecule has 0 aromatic rings. The van der Waals surface area contributed by atoms with Crippen LogP contribution >= 0.6 is 0 Å². The minimum absolute atomic E-state index is 0. The van der Waals surface area contributed by atoms with E-state index in [1.54, 1.807) is 0 Å². The van der Waals surface area contributed by atoms with Gasteiger partial charge in [0, 0.05) is 7.05 Å². The summed E-state index contributed by atoms with van der Waals surface area (Å²) in [6.45, 7) is 6.47. The van der Waals surface area contributed by atoms with Gasteiger partial charge in [-0.05, 0) is 20.3 Å². The molecule has 0 aliphatic rings. The Hall–Kier alpha value is -0.360. The molecule has 0 fully saturated rings. The summed E-state index contributed by atoms with van der Waals surface area (Å²) in [4.78, 5) is 23.8. The molecule has 0 bridgehead atoms. The molecule has 5 nitrogen and oxygen atoms in total. The second-order valence-electron chi connectivity index (χ2n) is 3.76. The molecule has 0 radical (unpaired) electrons. The number of carboxylic acid groups (broad SMARTS) is 1. The van der Waals surface area contributed by atoms with Gasteiger partial charge in [-0.1, -0.05) is 6.08 Å². The van der Waals surface area contributed by atoms with Crippen molar-refractivity contribution in [1.29, 1.82) is 0 Å². The van der Waals surface area contributed by atoms with Crippen LogP contribution < -0.4 is 5.73 Å². The summed E-state index contributed by atoms with van der Waals surface area (Å²) in [5, 5.41) is 9.08. The fourth-order valence-electron chi connectivity index (χ4n) is 1.20. The summed E-state index contributed by atoms with van der Waals surface area (Å²) in [5.74, 6) is -1.47. The Morgan fingerprint density at radius 1 is 1.62 bits per heavy atom. The first-order valence-electron chi connectivity index (χ1n) is 4.65. The van der Waals surface area contributed by atoms with Gasteiger partial charge in [-0.25, -0.2) is 4.79 Å². The number of carbonyl (C=O) groups is 2. The maximum atomic E-state index is 11.6. The number of hydrogen-bond donors (Lipinski definition) is 2. The van der Waals surface area contributed by atoms with Crippen molar-refractivity contribution in [2.45, 2.75) is 31.8 Å². The average Bonchev–Trinajstić information content (AvgIpc) is 2.15. The Kier molecular flexibility index (Phi) is 7.95. The van der Waals surface area contributed by atoms with Crippen molar-refractivity contribution < 1.29 is 14.7 Å². The number of carboxylic acids is 1. The van der Waals surface area contributed by atoms with E-state index in [0.717, 1.165) is 4.90 Å². The van der Waals surface area contributed by atoms with Gasteiger partial charge in [0.05, 0.1) is 6.04 Å². The Bertz CT molecular complexity index is 281. The monoisotopic (exact) mass is 238 g/mol. The van der Waals surface area contributed by atoms with Crippen LogP contribution in [0.3, 0.4) is 0 Å². The van der Waals surface area contributed by atoms with Crippen molar-refractivity contribution in [3.8, 4) is 0 Å². The van der Waals surface area contributed by atoms with Gasteiger partial charge in [-0.2, -0.15) is 0 Å². The van der Waals surface area contributed by atoms with Crippen LogP contribution in [-0.4, -0.2) is 70.1 Å². The van der Waals surface area contributed by atoms with Crippen molar-refractivity contribution in [2.75, 3.05) is 7.05 Å². The Morgan fingerprint density at radius 3 is 2.31 bits per heavy atom. The molecule has 0 aliphatic heterocycles. The fourth-order valence-corrected chi connectivity index (χ4v) is 1.20. The molecule has 16 heavy (non-hydrogen) atoms. The third-order valence-electron chi connectivity index (χ3n) is 2.46. The van der Waals surface area contributed by atoms with Crippen molar-refractivity contribution in [1.82, 2.24) is 4.90 Å². The molecule has 0 spiro atoms. The van der Waals surface area contributed by atoms with Gasteiger partial charge in [0.1, 0.15) is 5.54 Å². The first-order chi connectivity index (χ1) is 6.77. The summed E-state index contributed by atoms with van der Waals surface area (Å²) in [6.07, 6.45) is 1.65. The Labute approximate surface area is 118 Å². The quantitative estimate of drug-likeness (QED) is 0.502. The van der Waals surface area contributed by atoms with Crippen LogP contribution in [0.2, 0.25) is 0 Å². The van der Waals surface area contributed by atoms with E-state index in [2.05, 4.69) is 6.58 Å². The molecule has 88 valence electrons. The maximum absolute atomic E-state index is 11.6. The van der Waals surface area contributed by atoms with Gasteiger partial charge in [-0.15, -0.1) is 6.58 Å². The molecular weight excluding hydrogens is 219 g/mol. The molecule has 0 saturated heterocycles. The summed E-state index contributed by atoms with van der Waals surface area (Å²) >= 11 is 0. The zero-order chi connectivity index (χ0) is 12.2. The van der Waals surface area contributed by atoms with E-state index in [4.69, 9.17) is 10.8 Å². The van der Waals surface area contributed by atoms with E-state index < -0.39 is 23.5 Å². The van der Waals surface area contributed by atoms with E-state index in [1.165, 1.54) is 27.0 Å². The number of nitrogens with two attached hydrogens (primary N) is 1. The van der Waals surface area contributed by atoms with E-state index in [1.807, 2.05) is 0 Å². The minimum atomic E-state index is -1.29. The number of likely N-dealkylation sites (N-methyl/N-ethyl adjacent to an activating group) is 1. The third-order valence-corrected chi connectivity index (χ3v) is 2.46. The number of aliphatic carboxylic acids is 1. The molecule has 0 aliphatic carbocycles. The van der Waals surface area contributed by atoms with Crippen molar-refractivity contribution in [3.05, 3.63) is 12.7 Å². The van der Waals surface area contributed by atoms with Crippen LogP contribution in [0.25, 0.3) is 0 Å². The average molecular weight is 238 g/mol. The van der Waals surface area contributed by atoms with Gasteiger partial charge < -0.3 is 15.7 Å². The predicted molar refractivity (Wildman–Crippen MR) is 64.4 cm³/mol. The molecule has 3 N–H and O–H groups in total. The van der Waals surface area contributed by atoms with Gasteiger partial charge >= 0.3 is 35.5 Å². The number of nitrogens with zero attached hydrogens (tertiary/aromatic N) is 1. The third kappa shape index (κ3) is 3.90. The molecule has 0 saturated carbocycles. The van der Waals surface area contributed by atoms with Crippen molar-refractivity contribution in [2.24, 2.45) is 5.73 Å². The summed E-state index contributed by atoms with van der Waals surface area (Å²) < 4.78 is 0. The van der Waals surface area contributed by atoms with Crippen LogP contribution in [0.4, 0.5) is 0 Å². The molecule has 1 amide bonds. The molecule has 0 heterocycles. The van der Waals surface area contributed by atoms with E-state index in [9.17, 15) is 9.59 Å². The molecular formula is C10H19N2NaO3. The van der Waals surface area contributed by atoms with Crippen LogP contribution in [0.1, 0.15) is 20.3 Å². The van der Waals surface area contributed by atoms with Crippen LogP contribution in [0.15, 0.2) is 12.7 Å². The van der Waals surface area contributed by atoms with Gasteiger partial charge in [0.2, 0.25) is 5.91 Å². The first-order valence-corrected chi connectivity index (χ1v) is 4.65. The topological polar surface area (TPSA) is 83.6 Å². The number of amides is 1. The molecule has 2 atom stereocenters. The van der Waals surface area contributed by atoms with Gasteiger partial charge in [0.25, 0.3) is 0 Å². The van der Waals surface area contributed by atoms with Gasteiger partial charge in [-0.3, -0.25) is 4.79 Å². The van der Waals surface area contributed by atoms with E-state index >= 15 is 0 Å². The second kappa shape index (κ2) is 7.06. The van der Waals surface area contributed by atoms with E-state index in [0.29, 0.717) is 0 Å². The standard InChI is InChI=1S/C10H18N2O3.Na.H/c1-5-6-10(3,9(14)15)12(4)8(13)7(2)11;;/h5,7H,1,6,11H2,2-4H3,(H,14,15);;. The van der Waals surface area contributed by atoms with Crippen LogP contribution in [0, 0.1) is 0 Å². The molecule has 2 unspecified atom stereocenters. The SMILES string of the molecule is C=CCC(C)(C(=O)O)N(C)C(=O)C(C)N.[NaH]. The Balaban J connectivity index is 0. The summed E-state index contributed by atoms with van der Waals surface area (Å²) in [5.41, 5.74) is 4.13. The molecule has 0 rings (SSSR count). The summed E-state index contributed by atoms with van der Waals surface area (Å²) in [7, 11) is 1.43. The van der Waals surface area contributed by atoms with Crippen LogP contribution in [-0.2, 0) is 9.59 Å².